The summed E-state index contributed by atoms with van der Waals surface area (Å²) in [5.74, 6) is 0. The average Bonchev–Trinajstić information content (AvgIpc) is 3.19. The number of hydrogen-bond donors (Lipinski definition) is 0. The van der Waals surface area contributed by atoms with Crippen molar-refractivity contribution in [3.8, 4) is 11.3 Å². The van der Waals surface area contributed by atoms with Crippen molar-refractivity contribution in [2.24, 2.45) is 0 Å². The van der Waals surface area contributed by atoms with Crippen molar-refractivity contribution >= 4 is 72.9 Å². The van der Waals surface area contributed by atoms with Crippen LogP contribution in [0.15, 0.2) is 46.7 Å². The van der Waals surface area contributed by atoms with Crippen molar-refractivity contribution in [1.29, 1.82) is 0 Å². The maximum Gasteiger partial charge on any atom is 0.244 e. The molecule has 158 valence electrons. The molecule has 1 saturated heterocycles. The number of nitrogens with zero attached hydrogens (tertiary/aromatic N) is 3. The summed E-state index contributed by atoms with van der Waals surface area (Å²) in [5.41, 5.74) is 1.57. The van der Waals surface area contributed by atoms with Crippen LogP contribution in [0.2, 0.25) is 20.1 Å². The zero-order valence-electron chi connectivity index (χ0n) is 15.4. The van der Waals surface area contributed by atoms with Crippen LogP contribution in [-0.4, -0.2) is 43.9 Å². The summed E-state index contributed by atoms with van der Waals surface area (Å²) in [4.78, 5) is 6.76. The fourth-order valence-electron chi connectivity index (χ4n) is 3.16. The summed E-state index contributed by atoms with van der Waals surface area (Å²) in [7, 11) is -3.72. The van der Waals surface area contributed by atoms with Gasteiger partial charge in [0.1, 0.15) is 4.90 Å². The monoisotopic (exact) mass is 521 g/mol. The number of anilines is 1. The van der Waals surface area contributed by atoms with Gasteiger partial charge in [0.05, 0.1) is 15.7 Å². The number of benzene rings is 2. The molecule has 1 aliphatic rings. The fourth-order valence-corrected chi connectivity index (χ4v) is 6.71. The molecule has 0 amide bonds. The van der Waals surface area contributed by atoms with Gasteiger partial charge in [-0.05, 0) is 36.4 Å². The topological polar surface area (TPSA) is 53.5 Å². The van der Waals surface area contributed by atoms with Gasteiger partial charge in [-0.25, -0.2) is 13.4 Å². The van der Waals surface area contributed by atoms with E-state index in [9.17, 15) is 8.42 Å². The highest BCUT2D eigenvalue weighted by molar-refractivity contribution is 7.89. The highest BCUT2D eigenvalue weighted by atomic mass is 35.5. The van der Waals surface area contributed by atoms with E-state index in [0.29, 0.717) is 41.2 Å². The second-order valence-corrected chi connectivity index (χ2v) is 11.0. The third-order valence-corrected chi connectivity index (χ3v) is 8.78. The lowest BCUT2D eigenvalue weighted by Crippen LogP contribution is -2.48. The summed E-state index contributed by atoms with van der Waals surface area (Å²) in [6, 6.07) is 9.73. The van der Waals surface area contributed by atoms with Gasteiger partial charge in [0.15, 0.2) is 5.13 Å². The second kappa shape index (κ2) is 8.82. The van der Waals surface area contributed by atoms with Crippen molar-refractivity contribution in [3.05, 3.63) is 61.9 Å². The van der Waals surface area contributed by atoms with E-state index in [4.69, 9.17) is 46.4 Å². The van der Waals surface area contributed by atoms with E-state index in [1.165, 1.54) is 27.8 Å². The van der Waals surface area contributed by atoms with Crippen molar-refractivity contribution in [3.63, 3.8) is 0 Å². The highest BCUT2D eigenvalue weighted by Crippen LogP contribution is 2.34. The molecule has 0 aliphatic carbocycles. The molecule has 2 heterocycles. The van der Waals surface area contributed by atoms with Crippen molar-refractivity contribution in [2.45, 2.75) is 4.90 Å². The average molecular weight is 523 g/mol. The van der Waals surface area contributed by atoms with E-state index in [0.717, 1.165) is 16.4 Å². The van der Waals surface area contributed by atoms with Crippen LogP contribution in [0.5, 0.6) is 0 Å². The first-order valence-electron chi connectivity index (χ1n) is 8.87. The summed E-state index contributed by atoms with van der Waals surface area (Å²) in [5, 5.41) is 4.33. The minimum Gasteiger partial charge on any atom is -0.345 e. The van der Waals surface area contributed by atoms with Gasteiger partial charge in [0.25, 0.3) is 0 Å². The normalized spacial score (nSPS) is 15.5. The Hall–Kier alpha value is -1.06. The van der Waals surface area contributed by atoms with Crippen LogP contribution >= 0.6 is 57.7 Å². The number of sulfonamides is 1. The van der Waals surface area contributed by atoms with Gasteiger partial charge < -0.3 is 4.90 Å². The van der Waals surface area contributed by atoms with Crippen LogP contribution < -0.4 is 4.90 Å². The van der Waals surface area contributed by atoms with E-state index < -0.39 is 10.0 Å². The molecule has 30 heavy (non-hydrogen) atoms. The SMILES string of the molecule is O=S(=O)(c1cc(Cl)ccc1Cl)N1CCN(c2nc(-c3ccc(Cl)cc3Cl)cs2)CC1. The zero-order valence-corrected chi connectivity index (χ0v) is 20.0. The zero-order chi connectivity index (χ0) is 21.5. The summed E-state index contributed by atoms with van der Waals surface area (Å²) in [6.45, 7) is 1.67. The lowest BCUT2D eigenvalue weighted by Gasteiger charge is -2.34. The number of thiazole rings is 1. The van der Waals surface area contributed by atoms with Crippen LogP contribution in [-0.2, 0) is 10.0 Å². The smallest absolute Gasteiger partial charge is 0.244 e. The number of piperazine rings is 1. The lowest BCUT2D eigenvalue weighted by molar-refractivity contribution is 0.385. The molecule has 3 aromatic rings. The Morgan fingerprint density at radius 2 is 1.53 bits per heavy atom. The molecule has 4 rings (SSSR count). The Kier molecular flexibility index (Phi) is 6.51. The quantitative estimate of drug-likeness (QED) is 0.425. The minimum absolute atomic E-state index is 0.0269. The van der Waals surface area contributed by atoms with Crippen LogP contribution in [0.1, 0.15) is 0 Å². The number of hydrogen-bond acceptors (Lipinski definition) is 5. The lowest BCUT2D eigenvalue weighted by atomic mass is 10.2. The van der Waals surface area contributed by atoms with Gasteiger partial charge in [-0.1, -0.05) is 46.4 Å². The first-order valence-corrected chi connectivity index (χ1v) is 12.7. The molecule has 1 aliphatic heterocycles. The fraction of sp³-hybridized carbons (Fsp3) is 0.211. The van der Waals surface area contributed by atoms with Crippen molar-refractivity contribution < 1.29 is 8.42 Å². The third-order valence-electron chi connectivity index (χ3n) is 4.72. The molecule has 0 unspecified atom stereocenters. The molecule has 2 aromatic carbocycles. The van der Waals surface area contributed by atoms with Crippen LogP contribution in [0.3, 0.4) is 0 Å². The molecule has 0 N–H and O–H groups in total. The maximum absolute atomic E-state index is 13.0. The van der Waals surface area contributed by atoms with E-state index in [2.05, 4.69) is 9.88 Å². The maximum atomic E-state index is 13.0. The molecule has 0 spiro atoms. The Labute approximate surface area is 198 Å². The van der Waals surface area contributed by atoms with E-state index in [-0.39, 0.29) is 9.92 Å². The first-order chi connectivity index (χ1) is 14.3. The van der Waals surface area contributed by atoms with Crippen LogP contribution in [0.4, 0.5) is 5.13 Å². The van der Waals surface area contributed by atoms with Crippen molar-refractivity contribution in [2.75, 3.05) is 31.1 Å². The molecular weight excluding hydrogens is 508 g/mol. The van der Waals surface area contributed by atoms with Crippen molar-refractivity contribution in [1.82, 2.24) is 9.29 Å². The largest absolute Gasteiger partial charge is 0.345 e. The molecule has 0 atom stereocenters. The predicted octanol–water partition coefficient (Wildman–Crippen LogP) is 5.93. The van der Waals surface area contributed by atoms with Crippen LogP contribution in [0.25, 0.3) is 11.3 Å². The molecule has 0 saturated carbocycles. The summed E-state index contributed by atoms with van der Waals surface area (Å²) < 4.78 is 27.4. The Bertz CT molecular complexity index is 1190. The number of halogens is 4. The summed E-state index contributed by atoms with van der Waals surface area (Å²) in [6.07, 6.45) is 0. The van der Waals surface area contributed by atoms with Crippen LogP contribution in [0, 0.1) is 0 Å². The standard InChI is InChI=1S/C19H15Cl4N3O2S2/c20-12-1-3-14(16(23)9-12)17-11-29-19(24-17)25-5-7-26(8-6-25)30(27,28)18-10-13(21)2-4-15(18)22/h1-4,9-11H,5-8H2. The van der Waals surface area contributed by atoms with Gasteiger partial charge in [-0.3, -0.25) is 0 Å². The molecular formula is C19H15Cl4N3O2S2. The molecule has 0 radical (unpaired) electrons. The van der Waals surface area contributed by atoms with E-state index >= 15 is 0 Å². The minimum atomic E-state index is -3.72. The molecule has 5 nitrogen and oxygen atoms in total. The van der Waals surface area contributed by atoms with E-state index in [1.54, 1.807) is 18.2 Å². The second-order valence-electron chi connectivity index (χ2n) is 6.61. The van der Waals surface area contributed by atoms with Gasteiger partial charge in [0, 0.05) is 47.2 Å². The van der Waals surface area contributed by atoms with E-state index in [1.807, 2.05) is 11.4 Å². The summed E-state index contributed by atoms with van der Waals surface area (Å²) >= 11 is 25.8. The van der Waals surface area contributed by atoms with Gasteiger partial charge in [-0.2, -0.15) is 4.31 Å². The Morgan fingerprint density at radius 3 is 2.23 bits per heavy atom. The first kappa shape index (κ1) is 22.1. The third kappa shape index (κ3) is 4.43. The van der Waals surface area contributed by atoms with Gasteiger partial charge in [0.2, 0.25) is 10.0 Å². The molecule has 1 aromatic heterocycles. The molecule has 11 heteroatoms. The van der Waals surface area contributed by atoms with Gasteiger partial charge in [-0.15, -0.1) is 11.3 Å². The number of rotatable bonds is 4. The highest BCUT2D eigenvalue weighted by Gasteiger charge is 2.31. The van der Waals surface area contributed by atoms with Gasteiger partial charge >= 0.3 is 0 Å². The Balaban J connectivity index is 1.49. The predicted molar refractivity (Wildman–Crippen MR) is 125 cm³/mol. The number of aromatic nitrogens is 1. The Morgan fingerprint density at radius 1 is 0.867 bits per heavy atom. The molecule has 1 fully saturated rings. The molecule has 0 bridgehead atoms.